The molecule has 0 radical (unpaired) electrons. The average Bonchev–Trinajstić information content (AvgIpc) is 2.51. The Labute approximate surface area is 132 Å². The molecule has 2 aliphatic rings. The van der Waals surface area contributed by atoms with Crippen LogP contribution in [0.4, 0.5) is 5.69 Å². The van der Waals surface area contributed by atoms with Crippen molar-refractivity contribution in [2.24, 2.45) is 4.99 Å². The normalized spacial score (nSPS) is 21.3. The Bertz CT molecular complexity index is 565. The molecule has 3 rings (SSSR count). The van der Waals surface area contributed by atoms with Crippen LogP contribution in [0.1, 0.15) is 38.7 Å². The summed E-state index contributed by atoms with van der Waals surface area (Å²) in [7, 11) is 0. The molecule has 4 nitrogen and oxygen atoms in total. The number of benzene rings is 1. The van der Waals surface area contributed by atoms with Gasteiger partial charge in [0, 0.05) is 37.9 Å². The summed E-state index contributed by atoms with van der Waals surface area (Å²) < 4.78 is 0. The van der Waals surface area contributed by atoms with Gasteiger partial charge in [-0.25, -0.2) is 4.79 Å². The van der Waals surface area contributed by atoms with Gasteiger partial charge in [0.2, 0.25) is 6.08 Å². The summed E-state index contributed by atoms with van der Waals surface area (Å²) >= 11 is 0. The number of hydrogen-bond donors (Lipinski definition) is 0. The Balaban J connectivity index is 1.76. The van der Waals surface area contributed by atoms with E-state index >= 15 is 0 Å². The molecule has 118 valence electrons. The second-order valence-electron chi connectivity index (χ2n) is 6.76. The minimum atomic E-state index is -0.294. The van der Waals surface area contributed by atoms with Crippen LogP contribution in [0, 0.1) is 0 Å². The molecule has 0 spiro atoms. The molecule has 1 saturated carbocycles. The van der Waals surface area contributed by atoms with Crippen LogP contribution in [0.25, 0.3) is 0 Å². The van der Waals surface area contributed by atoms with E-state index in [1.54, 1.807) is 6.08 Å². The lowest BCUT2D eigenvalue weighted by Gasteiger charge is -2.40. The summed E-state index contributed by atoms with van der Waals surface area (Å²) in [6.45, 7) is 8.86. The standard InChI is InChI=1S/C18H25N3O/c1-15(2)20-9-11-21(12-10-20)17-6-3-5-16(13-17)18(19-14-22)7-4-8-18/h3,5-6,13,15H,4,7-12H2,1-2H3. The molecule has 0 amide bonds. The van der Waals surface area contributed by atoms with E-state index in [-0.39, 0.29) is 5.54 Å². The van der Waals surface area contributed by atoms with Crippen molar-refractivity contribution in [3.63, 3.8) is 0 Å². The summed E-state index contributed by atoms with van der Waals surface area (Å²) in [5.41, 5.74) is 2.14. The molecule has 1 aromatic rings. The third-order valence-electron chi connectivity index (χ3n) is 5.23. The van der Waals surface area contributed by atoms with Gasteiger partial charge in [-0.15, -0.1) is 0 Å². The first kappa shape index (κ1) is 15.3. The molecule has 4 heteroatoms. The van der Waals surface area contributed by atoms with Crippen molar-refractivity contribution in [3.8, 4) is 0 Å². The summed E-state index contributed by atoms with van der Waals surface area (Å²) in [5.74, 6) is 0. The van der Waals surface area contributed by atoms with Gasteiger partial charge in [0.15, 0.2) is 0 Å². The molecule has 0 atom stereocenters. The molecule has 0 aromatic heterocycles. The molecule has 1 heterocycles. The molecule has 1 aliphatic heterocycles. The van der Waals surface area contributed by atoms with Crippen molar-refractivity contribution in [2.75, 3.05) is 31.1 Å². The van der Waals surface area contributed by atoms with Crippen molar-refractivity contribution < 1.29 is 4.79 Å². The Hall–Kier alpha value is -1.64. The lowest BCUT2D eigenvalue weighted by atomic mass is 9.72. The summed E-state index contributed by atoms with van der Waals surface area (Å²) in [6.07, 6.45) is 4.85. The van der Waals surface area contributed by atoms with E-state index in [1.807, 2.05) is 0 Å². The van der Waals surface area contributed by atoms with Gasteiger partial charge in [-0.2, -0.15) is 4.99 Å². The molecule has 1 aliphatic carbocycles. The first-order chi connectivity index (χ1) is 10.6. The summed E-state index contributed by atoms with van der Waals surface area (Å²) in [6, 6.07) is 9.22. The van der Waals surface area contributed by atoms with Gasteiger partial charge < -0.3 is 4.90 Å². The second kappa shape index (κ2) is 6.23. The molecule has 0 N–H and O–H groups in total. The maximum atomic E-state index is 10.8. The molecule has 2 fully saturated rings. The molecule has 0 unspecified atom stereocenters. The molecular weight excluding hydrogens is 274 g/mol. The maximum Gasteiger partial charge on any atom is 0.235 e. The van der Waals surface area contributed by atoms with E-state index < -0.39 is 0 Å². The number of isocyanates is 1. The van der Waals surface area contributed by atoms with Crippen LogP contribution in [0.2, 0.25) is 0 Å². The fourth-order valence-electron chi connectivity index (χ4n) is 3.55. The van der Waals surface area contributed by atoms with Gasteiger partial charge in [-0.1, -0.05) is 12.1 Å². The van der Waals surface area contributed by atoms with Gasteiger partial charge in [-0.3, -0.25) is 4.90 Å². The Morgan fingerprint density at radius 1 is 1.18 bits per heavy atom. The van der Waals surface area contributed by atoms with Crippen molar-refractivity contribution in [2.45, 2.75) is 44.7 Å². The molecule has 0 bridgehead atoms. The number of carbonyl (C=O) groups excluding carboxylic acids is 1. The number of hydrogen-bond acceptors (Lipinski definition) is 4. The van der Waals surface area contributed by atoms with Crippen LogP contribution in [0.5, 0.6) is 0 Å². The highest BCUT2D eigenvalue weighted by Crippen LogP contribution is 2.45. The average molecular weight is 299 g/mol. The Morgan fingerprint density at radius 3 is 2.45 bits per heavy atom. The van der Waals surface area contributed by atoms with Crippen molar-refractivity contribution in [3.05, 3.63) is 29.8 Å². The largest absolute Gasteiger partial charge is 0.369 e. The molecule has 22 heavy (non-hydrogen) atoms. The van der Waals surface area contributed by atoms with Gasteiger partial charge in [0.1, 0.15) is 0 Å². The first-order valence-corrected chi connectivity index (χ1v) is 8.33. The van der Waals surface area contributed by atoms with Crippen molar-refractivity contribution >= 4 is 11.8 Å². The third kappa shape index (κ3) is 2.81. The molecular formula is C18H25N3O. The quantitative estimate of drug-likeness (QED) is 0.633. The zero-order valence-corrected chi connectivity index (χ0v) is 13.6. The predicted octanol–water partition coefficient (Wildman–Crippen LogP) is 2.93. The minimum Gasteiger partial charge on any atom is -0.369 e. The number of anilines is 1. The lowest BCUT2D eigenvalue weighted by molar-refractivity contribution is 0.209. The predicted molar refractivity (Wildman–Crippen MR) is 89.0 cm³/mol. The highest BCUT2D eigenvalue weighted by molar-refractivity contribution is 5.52. The van der Waals surface area contributed by atoms with Crippen LogP contribution in [0.15, 0.2) is 29.3 Å². The van der Waals surface area contributed by atoms with E-state index in [1.165, 1.54) is 11.3 Å². The van der Waals surface area contributed by atoms with E-state index in [9.17, 15) is 4.79 Å². The van der Waals surface area contributed by atoms with E-state index in [0.29, 0.717) is 6.04 Å². The van der Waals surface area contributed by atoms with Gasteiger partial charge in [0.05, 0.1) is 5.54 Å². The first-order valence-electron chi connectivity index (χ1n) is 8.33. The van der Waals surface area contributed by atoms with Gasteiger partial charge >= 0.3 is 0 Å². The minimum absolute atomic E-state index is 0.294. The third-order valence-corrected chi connectivity index (χ3v) is 5.23. The summed E-state index contributed by atoms with van der Waals surface area (Å²) in [4.78, 5) is 19.8. The SMILES string of the molecule is CC(C)N1CCN(c2cccc(C3(N=C=O)CCC3)c2)CC1. The van der Waals surface area contributed by atoms with E-state index in [2.05, 4.69) is 52.9 Å². The number of rotatable bonds is 4. The van der Waals surface area contributed by atoms with Crippen LogP contribution in [0.3, 0.4) is 0 Å². The van der Waals surface area contributed by atoms with Crippen molar-refractivity contribution in [1.82, 2.24) is 4.90 Å². The topological polar surface area (TPSA) is 35.9 Å². The zero-order chi connectivity index (χ0) is 15.6. The van der Waals surface area contributed by atoms with Crippen LogP contribution >= 0.6 is 0 Å². The van der Waals surface area contributed by atoms with Crippen LogP contribution in [-0.2, 0) is 10.3 Å². The number of aliphatic imine (C=N–C) groups is 1. The highest BCUT2D eigenvalue weighted by atomic mass is 16.1. The van der Waals surface area contributed by atoms with Crippen LogP contribution in [-0.4, -0.2) is 43.2 Å². The fraction of sp³-hybridized carbons (Fsp3) is 0.611. The fourth-order valence-corrected chi connectivity index (χ4v) is 3.55. The van der Waals surface area contributed by atoms with Gasteiger partial charge in [0.25, 0.3) is 0 Å². The smallest absolute Gasteiger partial charge is 0.235 e. The lowest BCUT2D eigenvalue weighted by Crippen LogP contribution is -2.49. The van der Waals surface area contributed by atoms with E-state index in [4.69, 9.17) is 0 Å². The number of nitrogens with zero attached hydrogens (tertiary/aromatic N) is 3. The maximum absolute atomic E-state index is 10.8. The van der Waals surface area contributed by atoms with E-state index in [0.717, 1.165) is 45.4 Å². The van der Waals surface area contributed by atoms with Gasteiger partial charge in [-0.05, 0) is 50.8 Å². The Morgan fingerprint density at radius 2 is 1.91 bits per heavy atom. The second-order valence-corrected chi connectivity index (χ2v) is 6.76. The summed E-state index contributed by atoms with van der Waals surface area (Å²) in [5, 5.41) is 0. The van der Waals surface area contributed by atoms with Crippen LogP contribution < -0.4 is 4.90 Å². The van der Waals surface area contributed by atoms with Crippen molar-refractivity contribution in [1.29, 1.82) is 0 Å². The molecule has 1 saturated heterocycles. The molecule has 1 aromatic carbocycles. The Kier molecular flexibility index (Phi) is 4.32. The highest BCUT2D eigenvalue weighted by Gasteiger charge is 2.39. The monoisotopic (exact) mass is 299 g/mol. The zero-order valence-electron chi connectivity index (χ0n) is 13.6. The number of piperazine rings is 1.